The first-order valence-corrected chi connectivity index (χ1v) is 14.5. The monoisotopic (exact) mass is 466 g/mol. The van der Waals surface area contributed by atoms with Gasteiger partial charge in [-0.15, -0.1) is 5.54 Å². The minimum absolute atomic E-state index is 0.282. The first kappa shape index (κ1) is 26.0. The van der Waals surface area contributed by atoms with Crippen LogP contribution in [-0.2, 0) is 9.31 Å². The maximum Gasteiger partial charge on any atom is 0.495 e. The Hall–Kier alpha value is -1.61. The van der Waals surface area contributed by atoms with E-state index in [0.29, 0.717) is 22.2 Å². The van der Waals surface area contributed by atoms with Crippen LogP contribution in [0.5, 0.6) is 0 Å². The second kappa shape index (κ2) is 8.87. The van der Waals surface area contributed by atoms with Crippen LogP contribution in [0.25, 0.3) is 10.8 Å². The molecular formula is C28H40BFO2Si. The van der Waals surface area contributed by atoms with Gasteiger partial charge in [-0.3, -0.25) is 0 Å². The molecule has 2 aromatic rings. The van der Waals surface area contributed by atoms with Crippen molar-refractivity contribution < 1.29 is 13.7 Å². The predicted octanol–water partition coefficient (Wildman–Crippen LogP) is 7.16. The standard InChI is InChI=1S/C28H40BFO2Si/c1-18(2)33(19(3)4,20(5)6)15-14-23-25(30)13-12-22-16-21(7)17-24(26(22)23)29-31-27(8,9)28(10,11)32-29/h12-13,16-20H,1-11H3. The zero-order valence-corrected chi connectivity index (χ0v) is 23.3. The van der Waals surface area contributed by atoms with Crippen molar-refractivity contribution in [3.63, 3.8) is 0 Å². The predicted molar refractivity (Wildman–Crippen MR) is 142 cm³/mol. The molecule has 0 spiro atoms. The molecule has 0 aliphatic carbocycles. The summed E-state index contributed by atoms with van der Waals surface area (Å²) in [6.07, 6.45) is 0. The van der Waals surface area contributed by atoms with Crippen LogP contribution in [0.2, 0.25) is 16.6 Å². The molecule has 1 aliphatic rings. The summed E-state index contributed by atoms with van der Waals surface area (Å²) in [5.41, 5.74) is 6.63. The summed E-state index contributed by atoms with van der Waals surface area (Å²) in [7, 11) is -2.58. The lowest BCUT2D eigenvalue weighted by atomic mass is 9.74. The second-order valence-corrected chi connectivity index (χ2v) is 17.2. The lowest BCUT2D eigenvalue weighted by Gasteiger charge is -2.38. The van der Waals surface area contributed by atoms with Gasteiger partial charge in [0.2, 0.25) is 0 Å². The van der Waals surface area contributed by atoms with Crippen molar-refractivity contribution in [2.45, 2.75) is 104 Å². The Balaban J connectivity index is 2.30. The van der Waals surface area contributed by atoms with E-state index in [0.717, 1.165) is 21.8 Å². The fraction of sp³-hybridized carbons (Fsp3) is 0.571. The van der Waals surface area contributed by atoms with Crippen molar-refractivity contribution in [2.75, 3.05) is 0 Å². The second-order valence-electron chi connectivity index (χ2n) is 11.6. The van der Waals surface area contributed by atoms with Crippen molar-refractivity contribution in [1.82, 2.24) is 0 Å². The minimum Gasteiger partial charge on any atom is -0.399 e. The largest absolute Gasteiger partial charge is 0.495 e. The van der Waals surface area contributed by atoms with E-state index >= 15 is 4.39 Å². The molecule has 1 heterocycles. The fourth-order valence-corrected chi connectivity index (χ4v) is 10.7. The highest BCUT2D eigenvalue weighted by atomic mass is 28.3. The maximum absolute atomic E-state index is 15.4. The summed E-state index contributed by atoms with van der Waals surface area (Å²) < 4.78 is 28.2. The summed E-state index contributed by atoms with van der Waals surface area (Å²) in [4.78, 5) is 0. The molecule has 5 heteroatoms. The van der Waals surface area contributed by atoms with Gasteiger partial charge in [-0.2, -0.15) is 0 Å². The van der Waals surface area contributed by atoms with Crippen LogP contribution in [0.1, 0.15) is 80.4 Å². The smallest absolute Gasteiger partial charge is 0.399 e. The van der Waals surface area contributed by atoms with E-state index in [1.165, 1.54) is 0 Å². The SMILES string of the molecule is Cc1cc(B2OC(C)(C)C(C)(C)O2)c2c(C#C[Si](C(C)C)(C(C)C)C(C)C)c(F)ccc2c1. The molecule has 0 saturated carbocycles. The molecule has 178 valence electrons. The molecule has 0 unspecified atom stereocenters. The molecule has 0 bridgehead atoms. The Morgan fingerprint density at radius 3 is 1.88 bits per heavy atom. The van der Waals surface area contributed by atoms with E-state index in [4.69, 9.17) is 9.31 Å². The van der Waals surface area contributed by atoms with Crippen molar-refractivity contribution in [3.05, 3.63) is 41.2 Å². The highest BCUT2D eigenvalue weighted by molar-refractivity contribution is 6.90. The molecule has 1 saturated heterocycles. The van der Waals surface area contributed by atoms with Crippen LogP contribution in [-0.4, -0.2) is 26.4 Å². The summed E-state index contributed by atoms with van der Waals surface area (Å²) in [5.74, 6) is 3.11. The van der Waals surface area contributed by atoms with Gasteiger partial charge >= 0.3 is 7.12 Å². The minimum atomic E-state index is -2.02. The van der Waals surface area contributed by atoms with E-state index in [-0.39, 0.29) is 5.82 Å². The molecule has 33 heavy (non-hydrogen) atoms. The average Bonchev–Trinajstić information content (AvgIpc) is 2.89. The third-order valence-corrected chi connectivity index (χ3v) is 14.3. The molecular weight excluding hydrogens is 426 g/mol. The van der Waals surface area contributed by atoms with Crippen molar-refractivity contribution in [2.24, 2.45) is 0 Å². The van der Waals surface area contributed by atoms with E-state index in [1.807, 2.05) is 33.8 Å². The Labute approximate surface area is 201 Å². The Kier molecular flexibility index (Phi) is 6.99. The maximum atomic E-state index is 15.4. The highest BCUT2D eigenvalue weighted by Gasteiger charge is 2.52. The molecule has 0 N–H and O–H groups in total. The first-order chi connectivity index (χ1) is 15.1. The van der Waals surface area contributed by atoms with Gasteiger partial charge in [0, 0.05) is 5.39 Å². The number of hydrogen-bond donors (Lipinski definition) is 0. The zero-order chi connectivity index (χ0) is 24.9. The van der Waals surface area contributed by atoms with E-state index < -0.39 is 26.4 Å². The van der Waals surface area contributed by atoms with Crippen molar-refractivity contribution in [1.29, 1.82) is 0 Å². The fourth-order valence-electron chi connectivity index (χ4n) is 5.51. The van der Waals surface area contributed by atoms with Gasteiger partial charge in [-0.1, -0.05) is 71.2 Å². The van der Waals surface area contributed by atoms with Gasteiger partial charge in [0.05, 0.1) is 16.8 Å². The van der Waals surface area contributed by atoms with Gasteiger partial charge in [0.25, 0.3) is 0 Å². The molecule has 2 nitrogen and oxygen atoms in total. The quantitative estimate of drug-likeness (QED) is 0.352. The lowest BCUT2D eigenvalue weighted by Crippen LogP contribution is -2.43. The van der Waals surface area contributed by atoms with Crippen LogP contribution < -0.4 is 5.46 Å². The van der Waals surface area contributed by atoms with E-state index in [9.17, 15) is 0 Å². The van der Waals surface area contributed by atoms with Crippen LogP contribution in [0.3, 0.4) is 0 Å². The van der Waals surface area contributed by atoms with Gasteiger partial charge in [-0.05, 0) is 68.2 Å². The Bertz CT molecular complexity index is 1070. The number of halogens is 1. The molecule has 0 aromatic heterocycles. The summed E-state index contributed by atoms with van der Waals surface area (Å²) in [6, 6.07) is 7.54. The Morgan fingerprint density at radius 2 is 1.39 bits per heavy atom. The van der Waals surface area contributed by atoms with Gasteiger partial charge in [-0.25, -0.2) is 4.39 Å². The number of aryl methyl sites for hydroxylation is 1. The number of benzene rings is 2. The zero-order valence-electron chi connectivity index (χ0n) is 22.3. The normalized spacial score (nSPS) is 17.8. The third-order valence-electron chi connectivity index (χ3n) is 8.02. The van der Waals surface area contributed by atoms with E-state index in [2.05, 4.69) is 72.1 Å². The number of fused-ring (bicyclic) bond motifs is 1. The van der Waals surface area contributed by atoms with Gasteiger partial charge in [0.1, 0.15) is 13.9 Å². The number of hydrogen-bond acceptors (Lipinski definition) is 2. The van der Waals surface area contributed by atoms with E-state index in [1.54, 1.807) is 6.07 Å². The van der Waals surface area contributed by atoms with Crippen molar-refractivity contribution in [3.8, 4) is 11.5 Å². The Morgan fingerprint density at radius 1 is 0.879 bits per heavy atom. The molecule has 0 amide bonds. The van der Waals surface area contributed by atoms with Gasteiger partial charge in [0.15, 0.2) is 0 Å². The molecule has 3 rings (SSSR count). The molecule has 2 aromatic carbocycles. The van der Waals surface area contributed by atoms with Crippen LogP contribution in [0.15, 0.2) is 24.3 Å². The topological polar surface area (TPSA) is 18.5 Å². The number of rotatable bonds is 4. The summed E-state index contributed by atoms with van der Waals surface area (Å²) >= 11 is 0. The van der Waals surface area contributed by atoms with Gasteiger partial charge < -0.3 is 9.31 Å². The third kappa shape index (κ3) is 4.43. The van der Waals surface area contributed by atoms with Crippen LogP contribution in [0.4, 0.5) is 4.39 Å². The highest BCUT2D eigenvalue weighted by Crippen LogP contribution is 2.41. The van der Waals surface area contributed by atoms with Crippen molar-refractivity contribution >= 4 is 31.4 Å². The van der Waals surface area contributed by atoms with Crippen LogP contribution in [0, 0.1) is 24.2 Å². The molecule has 1 aliphatic heterocycles. The first-order valence-electron chi connectivity index (χ1n) is 12.3. The molecule has 1 fully saturated rings. The lowest BCUT2D eigenvalue weighted by molar-refractivity contribution is 0.00578. The molecule has 0 atom stereocenters. The average molecular weight is 467 g/mol. The van der Waals surface area contributed by atoms with Crippen LogP contribution >= 0.6 is 0 Å². The summed E-state index contributed by atoms with van der Waals surface area (Å²) in [5, 5.41) is 1.78. The molecule has 0 radical (unpaired) electrons. The summed E-state index contributed by atoms with van der Waals surface area (Å²) in [6.45, 7) is 23.9.